The van der Waals surface area contributed by atoms with Crippen molar-refractivity contribution in [3.05, 3.63) is 41.9 Å². The van der Waals surface area contributed by atoms with E-state index in [1.54, 1.807) is 6.26 Å². The van der Waals surface area contributed by atoms with Gasteiger partial charge in [0.25, 0.3) is 0 Å². The van der Waals surface area contributed by atoms with Crippen molar-refractivity contribution in [2.45, 2.75) is 32.7 Å². The molecule has 4 nitrogen and oxygen atoms in total. The molecule has 2 aromatic rings. The Morgan fingerprint density at radius 2 is 2.33 bits per heavy atom. The zero-order valence-electron chi connectivity index (χ0n) is 11.3. The van der Waals surface area contributed by atoms with Crippen molar-refractivity contribution in [2.75, 3.05) is 6.54 Å². The Kier molecular flexibility index (Phi) is 4.20. The molecule has 0 amide bonds. The van der Waals surface area contributed by atoms with Crippen LogP contribution in [0.2, 0.25) is 0 Å². The van der Waals surface area contributed by atoms with Gasteiger partial charge in [-0.05, 0) is 26.0 Å². The molecule has 0 saturated heterocycles. The van der Waals surface area contributed by atoms with E-state index in [0.29, 0.717) is 6.04 Å². The van der Waals surface area contributed by atoms with Crippen LogP contribution >= 0.6 is 0 Å². The number of furan rings is 1. The topological polar surface area (TPSA) is 43.0 Å². The van der Waals surface area contributed by atoms with Gasteiger partial charge in [-0.2, -0.15) is 0 Å². The Balaban J connectivity index is 2.03. The van der Waals surface area contributed by atoms with Gasteiger partial charge in [-0.3, -0.25) is 0 Å². The first-order valence-electron chi connectivity index (χ1n) is 6.46. The van der Waals surface area contributed by atoms with Crippen LogP contribution in [0, 0.1) is 6.92 Å². The SMILES string of the molecule is CCNC(CCc1nccn1C)c1ccoc1C. The molecule has 0 aliphatic heterocycles. The van der Waals surface area contributed by atoms with Crippen molar-refractivity contribution in [3.63, 3.8) is 0 Å². The first kappa shape index (κ1) is 12.9. The van der Waals surface area contributed by atoms with Crippen molar-refractivity contribution in [2.24, 2.45) is 7.05 Å². The van der Waals surface area contributed by atoms with Gasteiger partial charge >= 0.3 is 0 Å². The second-order valence-electron chi connectivity index (χ2n) is 4.54. The van der Waals surface area contributed by atoms with Crippen molar-refractivity contribution < 1.29 is 4.42 Å². The fourth-order valence-corrected chi connectivity index (χ4v) is 2.28. The zero-order chi connectivity index (χ0) is 13.0. The number of aromatic nitrogens is 2. The molecule has 0 aromatic carbocycles. The highest BCUT2D eigenvalue weighted by molar-refractivity contribution is 5.20. The highest BCUT2D eigenvalue weighted by Gasteiger charge is 2.15. The van der Waals surface area contributed by atoms with Crippen LogP contribution in [-0.2, 0) is 13.5 Å². The number of aryl methyl sites for hydroxylation is 3. The first-order chi connectivity index (χ1) is 8.72. The highest BCUT2D eigenvalue weighted by atomic mass is 16.3. The van der Waals surface area contributed by atoms with Gasteiger partial charge in [0.1, 0.15) is 11.6 Å². The third-order valence-electron chi connectivity index (χ3n) is 3.30. The smallest absolute Gasteiger partial charge is 0.108 e. The second-order valence-corrected chi connectivity index (χ2v) is 4.54. The summed E-state index contributed by atoms with van der Waals surface area (Å²) in [6.45, 7) is 5.10. The molecule has 1 atom stereocenters. The minimum Gasteiger partial charge on any atom is -0.469 e. The molecule has 0 saturated carbocycles. The molecule has 1 unspecified atom stereocenters. The van der Waals surface area contributed by atoms with E-state index in [1.165, 1.54) is 5.56 Å². The molecule has 0 aliphatic rings. The average molecular weight is 247 g/mol. The predicted octanol–water partition coefficient (Wildman–Crippen LogP) is 2.60. The van der Waals surface area contributed by atoms with E-state index < -0.39 is 0 Å². The van der Waals surface area contributed by atoms with E-state index >= 15 is 0 Å². The van der Waals surface area contributed by atoms with Gasteiger partial charge in [0, 0.05) is 37.5 Å². The second kappa shape index (κ2) is 5.87. The van der Waals surface area contributed by atoms with Gasteiger partial charge in [-0.15, -0.1) is 0 Å². The summed E-state index contributed by atoms with van der Waals surface area (Å²) >= 11 is 0. The molecule has 0 fully saturated rings. The summed E-state index contributed by atoms with van der Waals surface area (Å²) in [6, 6.07) is 2.40. The van der Waals surface area contributed by atoms with Gasteiger partial charge in [0.05, 0.1) is 6.26 Å². The van der Waals surface area contributed by atoms with E-state index in [1.807, 2.05) is 26.4 Å². The summed E-state index contributed by atoms with van der Waals surface area (Å²) in [7, 11) is 2.04. The third-order valence-corrected chi connectivity index (χ3v) is 3.30. The summed E-state index contributed by atoms with van der Waals surface area (Å²) < 4.78 is 7.47. The molecule has 4 heteroatoms. The van der Waals surface area contributed by atoms with E-state index in [9.17, 15) is 0 Å². The van der Waals surface area contributed by atoms with E-state index in [4.69, 9.17) is 4.42 Å². The van der Waals surface area contributed by atoms with Gasteiger partial charge in [0.15, 0.2) is 0 Å². The van der Waals surface area contributed by atoms with E-state index in [-0.39, 0.29) is 0 Å². The summed E-state index contributed by atoms with van der Waals surface area (Å²) in [6.07, 6.45) is 7.59. The Labute approximate surface area is 108 Å². The molecule has 0 aliphatic carbocycles. The summed E-state index contributed by atoms with van der Waals surface area (Å²) in [5.74, 6) is 2.12. The summed E-state index contributed by atoms with van der Waals surface area (Å²) in [5, 5.41) is 3.51. The van der Waals surface area contributed by atoms with Crippen LogP contribution in [0.1, 0.15) is 36.5 Å². The highest BCUT2D eigenvalue weighted by Crippen LogP contribution is 2.22. The molecule has 1 N–H and O–H groups in total. The van der Waals surface area contributed by atoms with Crippen molar-refractivity contribution in [1.82, 2.24) is 14.9 Å². The van der Waals surface area contributed by atoms with Crippen LogP contribution in [0.25, 0.3) is 0 Å². The Morgan fingerprint density at radius 1 is 1.50 bits per heavy atom. The standard InChI is InChI=1S/C14H21N3O/c1-4-15-13(12-7-10-18-11(12)2)5-6-14-16-8-9-17(14)3/h7-10,13,15H,4-6H2,1-3H3. The lowest BCUT2D eigenvalue weighted by Crippen LogP contribution is -2.22. The Bertz CT molecular complexity index is 487. The predicted molar refractivity (Wildman–Crippen MR) is 71.4 cm³/mol. The zero-order valence-corrected chi connectivity index (χ0v) is 11.3. The lowest BCUT2D eigenvalue weighted by Gasteiger charge is -2.17. The number of nitrogens with one attached hydrogen (secondary N) is 1. The van der Waals surface area contributed by atoms with Crippen LogP contribution in [-0.4, -0.2) is 16.1 Å². The van der Waals surface area contributed by atoms with Gasteiger partial charge in [-0.25, -0.2) is 4.98 Å². The third kappa shape index (κ3) is 2.82. The molecule has 18 heavy (non-hydrogen) atoms. The van der Waals surface area contributed by atoms with Gasteiger partial charge in [0.2, 0.25) is 0 Å². The number of hydrogen-bond acceptors (Lipinski definition) is 3. The lowest BCUT2D eigenvalue weighted by molar-refractivity contribution is 0.480. The molecule has 0 spiro atoms. The lowest BCUT2D eigenvalue weighted by atomic mass is 10.0. The van der Waals surface area contributed by atoms with E-state index in [2.05, 4.69) is 27.9 Å². The number of imidazole rings is 1. The Morgan fingerprint density at radius 3 is 2.89 bits per heavy atom. The molecular weight excluding hydrogens is 226 g/mol. The molecule has 2 heterocycles. The maximum Gasteiger partial charge on any atom is 0.108 e. The van der Waals surface area contributed by atoms with E-state index in [0.717, 1.165) is 31.0 Å². The van der Waals surface area contributed by atoms with Crippen LogP contribution in [0.5, 0.6) is 0 Å². The molecule has 98 valence electrons. The van der Waals surface area contributed by atoms with Crippen LogP contribution in [0.4, 0.5) is 0 Å². The van der Waals surface area contributed by atoms with Crippen LogP contribution in [0.15, 0.2) is 29.1 Å². The molecule has 0 radical (unpaired) electrons. The van der Waals surface area contributed by atoms with Crippen molar-refractivity contribution in [1.29, 1.82) is 0 Å². The Hall–Kier alpha value is -1.55. The summed E-state index contributed by atoms with van der Waals surface area (Å²) in [4.78, 5) is 4.36. The number of nitrogens with zero attached hydrogens (tertiary/aromatic N) is 2. The number of rotatable bonds is 6. The fourth-order valence-electron chi connectivity index (χ4n) is 2.28. The molecule has 2 aromatic heterocycles. The quantitative estimate of drug-likeness (QED) is 0.853. The minimum absolute atomic E-state index is 0.338. The number of hydrogen-bond donors (Lipinski definition) is 1. The first-order valence-corrected chi connectivity index (χ1v) is 6.46. The van der Waals surface area contributed by atoms with Crippen molar-refractivity contribution >= 4 is 0 Å². The maximum atomic E-state index is 5.39. The van der Waals surface area contributed by atoms with Gasteiger partial charge in [-0.1, -0.05) is 6.92 Å². The molecule has 2 rings (SSSR count). The van der Waals surface area contributed by atoms with Crippen LogP contribution in [0.3, 0.4) is 0 Å². The fraction of sp³-hybridized carbons (Fsp3) is 0.500. The average Bonchev–Trinajstić information content (AvgIpc) is 2.94. The van der Waals surface area contributed by atoms with Crippen LogP contribution < -0.4 is 5.32 Å². The molecule has 0 bridgehead atoms. The van der Waals surface area contributed by atoms with Gasteiger partial charge < -0.3 is 14.3 Å². The monoisotopic (exact) mass is 247 g/mol. The minimum atomic E-state index is 0.338. The summed E-state index contributed by atoms with van der Waals surface area (Å²) in [5.41, 5.74) is 1.26. The molecular formula is C14H21N3O. The normalized spacial score (nSPS) is 12.8. The van der Waals surface area contributed by atoms with Crippen molar-refractivity contribution in [3.8, 4) is 0 Å². The maximum absolute atomic E-state index is 5.39. The largest absolute Gasteiger partial charge is 0.469 e.